The van der Waals surface area contributed by atoms with Crippen molar-refractivity contribution in [3.05, 3.63) is 12.3 Å². The van der Waals surface area contributed by atoms with Crippen LogP contribution in [0.1, 0.15) is 13.3 Å². The van der Waals surface area contributed by atoms with Crippen molar-refractivity contribution in [3.63, 3.8) is 0 Å². The molecule has 0 aromatic heterocycles. The lowest BCUT2D eigenvalue weighted by molar-refractivity contribution is -0.117. The van der Waals surface area contributed by atoms with Gasteiger partial charge in [0.15, 0.2) is 0 Å². The zero-order valence-corrected chi connectivity index (χ0v) is 5.22. The van der Waals surface area contributed by atoms with Crippen molar-refractivity contribution in [2.45, 2.75) is 13.3 Å². The molecule has 1 amide bonds. The van der Waals surface area contributed by atoms with Crippen molar-refractivity contribution in [1.29, 1.82) is 0 Å². The molecule has 0 spiro atoms. The first-order valence-corrected chi connectivity index (χ1v) is 2.78. The molecule has 0 atom stereocenters. The van der Waals surface area contributed by atoms with E-state index in [0.29, 0.717) is 0 Å². The summed E-state index contributed by atoms with van der Waals surface area (Å²) in [5.41, 5.74) is 0. The second-order valence-corrected chi connectivity index (χ2v) is 1.85. The van der Waals surface area contributed by atoms with Crippen molar-refractivity contribution >= 4 is 11.7 Å². The number of nitrogens with one attached hydrogen (secondary N) is 1. The summed E-state index contributed by atoms with van der Waals surface area (Å²) >= 11 is 0. The number of hydrogen-bond donors (Lipinski definition) is 1. The van der Waals surface area contributed by atoms with Gasteiger partial charge >= 0.3 is 0 Å². The maximum Gasteiger partial charge on any atom is 0.222 e. The zero-order valence-electron chi connectivity index (χ0n) is 5.22. The maximum absolute atomic E-state index is 10.4. The lowest BCUT2D eigenvalue weighted by atomic mass is 10.4. The molecule has 0 fully saturated rings. The summed E-state index contributed by atoms with van der Waals surface area (Å²) in [6, 6.07) is 0. The molecule has 0 bridgehead atoms. The van der Waals surface area contributed by atoms with Gasteiger partial charge in [0.05, 0.1) is 0 Å². The van der Waals surface area contributed by atoms with Gasteiger partial charge in [0.25, 0.3) is 0 Å². The molecule has 1 heterocycles. The van der Waals surface area contributed by atoms with Crippen LogP contribution >= 0.6 is 0 Å². The summed E-state index contributed by atoms with van der Waals surface area (Å²) in [6.07, 6.45) is 4.33. The lowest BCUT2D eigenvalue weighted by Gasteiger charge is -1.96. The fourth-order valence-electron chi connectivity index (χ4n) is 0.646. The number of carbonyl (C=O) groups excluding carboxylic acids is 1. The fourth-order valence-corrected chi connectivity index (χ4v) is 0.646. The van der Waals surface area contributed by atoms with Crippen molar-refractivity contribution in [1.82, 2.24) is 5.32 Å². The highest BCUT2D eigenvalue weighted by atomic mass is 16.1. The minimum Gasteiger partial charge on any atom is -0.314 e. The third kappa shape index (κ3) is 1.68. The molecule has 0 saturated heterocycles. The van der Waals surface area contributed by atoms with Gasteiger partial charge in [-0.2, -0.15) is 0 Å². The van der Waals surface area contributed by atoms with Gasteiger partial charge in [-0.05, 0) is 0 Å². The summed E-state index contributed by atoms with van der Waals surface area (Å²) in [6.45, 7) is 1.47. The monoisotopic (exact) mass is 124 g/mol. The second kappa shape index (κ2) is 2.44. The number of carbonyl (C=O) groups is 1. The van der Waals surface area contributed by atoms with Crippen LogP contribution in [-0.4, -0.2) is 11.7 Å². The highest BCUT2D eigenvalue weighted by Crippen LogP contribution is 1.95. The Morgan fingerprint density at radius 3 is 3.11 bits per heavy atom. The number of aliphatic imine (C=N–C) groups is 1. The Morgan fingerprint density at radius 1 is 1.89 bits per heavy atom. The van der Waals surface area contributed by atoms with Gasteiger partial charge in [0.2, 0.25) is 5.91 Å². The number of amidine groups is 1. The third-order valence-corrected chi connectivity index (χ3v) is 0.967. The van der Waals surface area contributed by atoms with Crippen LogP contribution in [0.5, 0.6) is 0 Å². The minimum atomic E-state index is -0.0579. The van der Waals surface area contributed by atoms with Gasteiger partial charge < -0.3 is 5.32 Å². The molecule has 0 aliphatic carbocycles. The summed E-state index contributed by atoms with van der Waals surface area (Å²) in [5, 5.41) is 2.59. The molecule has 0 aromatic rings. The molecule has 1 N–H and O–H groups in total. The van der Waals surface area contributed by atoms with E-state index in [0.717, 1.165) is 12.3 Å². The first-order valence-electron chi connectivity index (χ1n) is 2.78. The van der Waals surface area contributed by atoms with E-state index in [1.807, 2.05) is 6.08 Å². The number of amides is 1. The van der Waals surface area contributed by atoms with Crippen molar-refractivity contribution in [2.24, 2.45) is 4.99 Å². The fraction of sp³-hybridized carbons (Fsp3) is 0.333. The van der Waals surface area contributed by atoms with Gasteiger partial charge in [-0.1, -0.05) is 6.08 Å². The summed E-state index contributed by atoms with van der Waals surface area (Å²) < 4.78 is 0. The van der Waals surface area contributed by atoms with E-state index in [4.69, 9.17) is 0 Å². The molecule has 1 aliphatic rings. The van der Waals surface area contributed by atoms with E-state index in [9.17, 15) is 4.79 Å². The third-order valence-electron chi connectivity index (χ3n) is 0.967. The molecular formula is C6H8N2O. The van der Waals surface area contributed by atoms with Gasteiger partial charge in [0, 0.05) is 19.5 Å². The Hall–Kier alpha value is -1.12. The minimum absolute atomic E-state index is 0.0579. The molecule has 0 radical (unpaired) electrons. The summed E-state index contributed by atoms with van der Waals surface area (Å²) in [4.78, 5) is 14.3. The SMILES string of the molecule is CC(=O)NC1=NC=CC1. The van der Waals surface area contributed by atoms with Crippen LogP contribution in [0, 0.1) is 0 Å². The Kier molecular flexibility index (Phi) is 1.63. The molecule has 48 valence electrons. The molecule has 0 unspecified atom stereocenters. The predicted octanol–water partition coefficient (Wildman–Crippen LogP) is 0.438. The smallest absolute Gasteiger partial charge is 0.222 e. The average molecular weight is 124 g/mol. The first-order chi connectivity index (χ1) is 4.29. The highest BCUT2D eigenvalue weighted by molar-refractivity contribution is 5.98. The van der Waals surface area contributed by atoms with Crippen molar-refractivity contribution in [3.8, 4) is 0 Å². The molecule has 1 aliphatic heterocycles. The van der Waals surface area contributed by atoms with Crippen LogP contribution in [0.25, 0.3) is 0 Å². The molecule has 0 saturated carbocycles. The molecule has 0 aromatic carbocycles. The highest BCUT2D eigenvalue weighted by Gasteiger charge is 2.00. The molecular weight excluding hydrogens is 116 g/mol. The Bertz CT molecular complexity index is 181. The standard InChI is InChI=1S/C6H8N2O/c1-5(9)8-6-3-2-4-7-6/h2,4H,3H2,1H3,(H,7,8,9). The zero-order chi connectivity index (χ0) is 6.69. The van der Waals surface area contributed by atoms with Gasteiger partial charge in [-0.3, -0.25) is 4.79 Å². The predicted molar refractivity (Wildman–Crippen MR) is 35.0 cm³/mol. The Labute approximate surface area is 53.5 Å². The lowest BCUT2D eigenvalue weighted by Crippen LogP contribution is -2.26. The van der Waals surface area contributed by atoms with Crippen LogP contribution in [0.2, 0.25) is 0 Å². The largest absolute Gasteiger partial charge is 0.314 e. The second-order valence-electron chi connectivity index (χ2n) is 1.85. The molecule has 3 heteroatoms. The van der Waals surface area contributed by atoms with Crippen LogP contribution in [-0.2, 0) is 4.79 Å². The molecule has 1 rings (SSSR count). The number of hydrogen-bond acceptors (Lipinski definition) is 2. The number of nitrogens with zero attached hydrogens (tertiary/aromatic N) is 1. The quantitative estimate of drug-likeness (QED) is 0.500. The normalized spacial score (nSPS) is 15.4. The van der Waals surface area contributed by atoms with Crippen LogP contribution < -0.4 is 5.32 Å². The summed E-state index contributed by atoms with van der Waals surface area (Å²) in [5.74, 6) is 0.681. The topological polar surface area (TPSA) is 41.5 Å². The number of rotatable bonds is 0. The van der Waals surface area contributed by atoms with Gasteiger partial charge in [-0.25, -0.2) is 4.99 Å². The van der Waals surface area contributed by atoms with E-state index in [1.54, 1.807) is 6.20 Å². The van der Waals surface area contributed by atoms with Gasteiger partial charge in [-0.15, -0.1) is 0 Å². The Morgan fingerprint density at radius 2 is 2.67 bits per heavy atom. The maximum atomic E-state index is 10.4. The van der Waals surface area contributed by atoms with E-state index in [2.05, 4.69) is 10.3 Å². The first kappa shape index (κ1) is 6.01. The molecule has 3 nitrogen and oxygen atoms in total. The van der Waals surface area contributed by atoms with E-state index in [1.165, 1.54) is 6.92 Å². The average Bonchev–Trinajstić information content (AvgIpc) is 2.15. The van der Waals surface area contributed by atoms with Gasteiger partial charge in [0.1, 0.15) is 5.84 Å². The molecule has 9 heavy (non-hydrogen) atoms. The van der Waals surface area contributed by atoms with E-state index in [-0.39, 0.29) is 5.91 Å². The Balaban J connectivity index is 2.39. The van der Waals surface area contributed by atoms with Crippen LogP contribution in [0.4, 0.5) is 0 Å². The van der Waals surface area contributed by atoms with Crippen LogP contribution in [0.3, 0.4) is 0 Å². The van der Waals surface area contributed by atoms with E-state index >= 15 is 0 Å². The van der Waals surface area contributed by atoms with E-state index < -0.39 is 0 Å². The summed E-state index contributed by atoms with van der Waals surface area (Å²) in [7, 11) is 0. The van der Waals surface area contributed by atoms with Crippen LogP contribution in [0.15, 0.2) is 17.3 Å². The van der Waals surface area contributed by atoms with Crippen molar-refractivity contribution < 1.29 is 4.79 Å². The van der Waals surface area contributed by atoms with Crippen molar-refractivity contribution in [2.75, 3.05) is 0 Å².